The number of carboxylic acid groups (broad SMARTS) is 1. The van der Waals surface area contributed by atoms with Crippen LogP contribution < -0.4 is 4.72 Å². The fourth-order valence-electron chi connectivity index (χ4n) is 2.22. The number of rotatable bonds is 14. The van der Waals surface area contributed by atoms with Crippen molar-refractivity contribution >= 4 is 16.0 Å². The molecule has 0 fully saturated rings. The standard InChI is InChI=1S/C15H31NO4S/c1-3-5-6-7-8-9-10-11-13-21(19,20)16-14(12-4-2)15(17)18/h14,16H,3-13H2,1-2H3,(H,17,18). The lowest BCUT2D eigenvalue weighted by Crippen LogP contribution is -2.41. The molecule has 1 unspecified atom stereocenters. The Morgan fingerprint density at radius 1 is 0.952 bits per heavy atom. The van der Waals surface area contributed by atoms with Crippen molar-refractivity contribution in [1.82, 2.24) is 4.72 Å². The van der Waals surface area contributed by atoms with Gasteiger partial charge in [0.1, 0.15) is 6.04 Å². The van der Waals surface area contributed by atoms with Gasteiger partial charge in [0.15, 0.2) is 0 Å². The van der Waals surface area contributed by atoms with E-state index in [0.717, 1.165) is 19.3 Å². The molecule has 5 nitrogen and oxygen atoms in total. The minimum Gasteiger partial charge on any atom is -0.480 e. The van der Waals surface area contributed by atoms with Crippen molar-refractivity contribution in [3.05, 3.63) is 0 Å². The molecule has 0 aliphatic carbocycles. The van der Waals surface area contributed by atoms with Gasteiger partial charge in [-0.3, -0.25) is 4.79 Å². The summed E-state index contributed by atoms with van der Waals surface area (Å²) in [6.45, 7) is 4.02. The Labute approximate surface area is 129 Å². The summed E-state index contributed by atoms with van der Waals surface area (Å²) in [7, 11) is -3.48. The maximum atomic E-state index is 11.8. The zero-order valence-corrected chi connectivity index (χ0v) is 14.3. The maximum Gasteiger partial charge on any atom is 0.321 e. The molecule has 0 aromatic rings. The molecule has 0 aliphatic rings. The van der Waals surface area contributed by atoms with Crippen LogP contribution in [0.25, 0.3) is 0 Å². The summed E-state index contributed by atoms with van der Waals surface area (Å²) < 4.78 is 25.9. The highest BCUT2D eigenvalue weighted by Gasteiger charge is 2.22. The first kappa shape index (κ1) is 20.4. The van der Waals surface area contributed by atoms with Gasteiger partial charge in [0.05, 0.1) is 5.75 Å². The molecule has 0 aliphatic heterocycles. The summed E-state index contributed by atoms with van der Waals surface area (Å²) in [5, 5.41) is 8.95. The molecule has 0 saturated carbocycles. The van der Waals surface area contributed by atoms with Crippen LogP contribution in [0.2, 0.25) is 0 Å². The number of carbonyl (C=O) groups is 1. The van der Waals surface area contributed by atoms with Crippen LogP contribution in [0.3, 0.4) is 0 Å². The predicted molar refractivity (Wildman–Crippen MR) is 85.9 cm³/mol. The van der Waals surface area contributed by atoms with Crippen LogP contribution in [-0.2, 0) is 14.8 Å². The summed E-state index contributed by atoms with van der Waals surface area (Å²) in [6.07, 6.45) is 9.63. The van der Waals surface area contributed by atoms with Crippen LogP contribution in [0.5, 0.6) is 0 Å². The van der Waals surface area contributed by atoms with Gasteiger partial charge in [-0.2, -0.15) is 0 Å². The lowest BCUT2D eigenvalue weighted by Gasteiger charge is -2.13. The van der Waals surface area contributed by atoms with Gasteiger partial charge in [0.25, 0.3) is 0 Å². The summed E-state index contributed by atoms with van der Waals surface area (Å²) in [5.74, 6) is -1.08. The third kappa shape index (κ3) is 11.7. The number of carboxylic acids is 1. The van der Waals surface area contributed by atoms with Crippen molar-refractivity contribution in [2.75, 3.05) is 5.75 Å². The van der Waals surface area contributed by atoms with E-state index in [-0.39, 0.29) is 5.75 Å². The molecular weight excluding hydrogens is 290 g/mol. The first-order chi connectivity index (χ1) is 9.93. The molecule has 0 saturated heterocycles. The third-order valence-electron chi connectivity index (χ3n) is 3.46. The number of hydrogen-bond acceptors (Lipinski definition) is 3. The van der Waals surface area contributed by atoms with Crippen LogP contribution in [0.1, 0.15) is 78.1 Å². The van der Waals surface area contributed by atoms with Crippen LogP contribution in [0.4, 0.5) is 0 Å². The highest BCUT2D eigenvalue weighted by molar-refractivity contribution is 7.89. The Kier molecular flexibility index (Phi) is 11.6. The number of nitrogens with one attached hydrogen (secondary N) is 1. The number of hydrogen-bond donors (Lipinski definition) is 2. The molecule has 0 aromatic heterocycles. The molecule has 6 heteroatoms. The Balaban J connectivity index is 3.84. The first-order valence-corrected chi connectivity index (χ1v) is 9.81. The molecule has 0 aromatic carbocycles. The number of aliphatic carboxylic acids is 1. The normalized spacial score (nSPS) is 13.2. The van der Waals surface area contributed by atoms with E-state index in [1.54, 1.807) is 0 Å². The Hall–Kier alpha value is -0.620. The Bertz CT molecular complexity index is 368. The predicted octanol–water partition coefficient (Wildman–Crippen LogP) is 3.30. The van der Waals surface area contributed by atoms with Crippen LogP contribution in [0, 0.1) is 0 Å². The second-order valence-electron chi connectivity index (χ2n) is 5.59. The quantitative estimate of drug-likeness (QED) is 0.481. The SMILES string of the molecule is CCCCCCCCCCS(=O)(=O)NC(CCC)C(=O)O. The third-order valence-corrected chi connectivity index (χ3v) is 4.93. The molecule has 0 bridgehead atoms. The zero-order chi connectivity index (χ0) is 16.1. The first-order valence-electron chi connectivity index (χ1n) is 8.15. The summed E-state index contributed by atoms with van der Waals surface area (Å²) in [4.78, 5) is 10.9. The Morgan fingerprint density at radius 2 is 1.48 bits per heavy atom. The molecule has 0 radical (unpaired) electrons. The van der Waals surface area contributed by atoms with E-state index in [1.807, 2.05) is 6.92 Å². The van der Waals surface area contributed by atoms with Gasteiger partial charge in [-0.15, -0.1) is 0 Å². The van der Waals surface area contributed by atoms with Gasteiger partial charge in [-0.05, 0) is 12.8 Å². The molecule has 0 spiro atoms. The average Bonchev–Trinajstić information content (AvgIpc) is 2.41. The van der Waals surface area contributed by atoms with Crippen LogP contribution in [0.15, 0.2) is 0 Å². The summed E-state index contributed by atoms with van der Waals surface area (Å²) in [6, 6.07) is -0.992. The fraction of sp³-hybridized carbons (Fsp3) is 0.933. The topological polar surface area (TPSA) is 83.5 Å². The molecule has 1 atom stereocenters. The smallest absolute Gasteiger partial charge is 0.321 e. The fourth-order valence-corrected chi connectivity index (χ4v) is 3.58. The highest BCUT2D eigenvalue weighted by Crippen LogP contribution is 2.09. The van der Waals surface area contributed by atoms with E-state index < -0.39 is 22.0 Å². The van der Waals surface area contributed by atoms with Gasteiger partial charge in [-0.1, -0.05) is 65.2 Å². The number of sulfonamides is 1. The zero-order valence-electron chi connectivity index (χ0n) is 13.4. The number of unbranched alkanes of at least 4 members (excludes halogenated alkanes) is 7. The van der Waals surface area contributed by atoms with E-state index in [2.05, 4.69) is 11.6 Å². The maximum absolute atomic E-state index is 11.8. The van der Waals surface area contributed by atoms with Gasteiger partial charge in [-0.25, -0.2) is 13.1 Å². The van der Waals surface area contributed by atoms with E-state index >= 15 is 0 Å². The molecule has 21 heavy (non-hydrogen) atoms. The van der Waals surface area contributed by atoms with Gasteiger partial charge in [0, 0.05) is 0 Å². The van der Waals surface area contributed by atoms with Crippen molar-refractivity contribution in [3.63, 3.8) is 0 Å². The Morgan fingerprint density at radius 3 is 1.95 bits per heavy atom. The minimum absolute atomic E-state index is 0.0233. The van der Waals surface area contributed by atoms with E-state index in [4.69, 9.17) is 5.11 Å². The van der Waals surface area contributed by atoms with Crippen molar-refractivity contribution in [2.45, 2.75) is 84.1 Å². The molecule has 126 valence electrons. The van der Waals surface area contributed by atoms with E-state index in [0.29, 0.717) is 19.3 Å². The lowest BCUT2D eigenvalue weighted by molar-refractivity contribution is -0.139. The second kappa shape index (κ2) is 12.0. The molecular formula is C15H31NO4S. The van der Waals surface area contributed by atoms with Crippen LogP contribution >= 0.6 is 0 Å². The summed E-state index contributed by atoms with van der Waals surface area (Å²) >= 11 is 0. The summed E-state index contributed by atoms with van der Waals surface area (Å²) in [5.41, 5.74) is 0. The van der Waals surface area contributed by atoms with Crippen molar-refractivity contribution in [2.24, 2.45) is 0 Å². The lowest BCUT2D eigenvalue weighted by atomic mass is 10.1. The molecule has 0 amide bonds. The van der Waals surface area contributed by atoms with E-state index in [1.165, 1.54) is 25.7 Å². The molecule has 0 rings (SSSR count). The van der Waals surface area contributed by atoms with Gasteiger partial charge in [0.2, 0.25) is 10.0 Å². The monoisotopic (exact) mass is 321 g/mol. The van der Waals surface area contributed by atoms with Crippen molar-refractivity contribution in [3.8, 4) is 0 Å². The van der Waals surface area contributed by atoms with Gasteiger partial charge < -0.3 is 5.11 Å². The van der Waals surface area contributed by atoms with Crippen molar-refractivity contribution < 1.29 is 18.3 Å². The minimum atomic E-state index is -3.48. The van der Waals surface area contributed by atoms with E-state index in [9.17, 15) is 13.2 Å². The average molecular weight is 321 g/mol. The highest BCUT2D eigenvalue weighted by atomic mass is 32.2. The van der Waals surface area contributed by atoms with Gasteiger partial charge >= 0.3 is 5.97 Å². The largest absolute Gasteiger partial charge is 0.480 e. The van der Waals surface area contributed by atoms with Crippen molar-refractivity contribution in [1.29, 1.82) is 0 Å². The molecule has 0 heterocycles. The molecule has 2 N–H and O–H groups in total. The van der Waals surface area contributed by atoms with Crippen LogP contribution in [-0.4, -0.2) is 31.3 Å². The second-order valence-corrected chi connectivity index (χ2v) is 7.46.